The van der Waals surface area contributed by atoms with E-state index in [2.05, 4.69) is 12.2 Å². The first-order chi connectivity index (χ1) is 12.2. The van der Waals surface area contributed by atoms with Gasteiger partial charge in [0.2, 0.25) is 0 Å². The van der Waals surface area contributed by atoms with Gasteiger partial charge in [0.25, 0.3) is 0 Å². The summed E-state index contributed by atoms with van der Waals surface area (Å²) in [5, 5.41) is 2.73. The number of alkyl halides is 1. The normalized spacial score (nSPS) is 16.2. The van der Waals surface area contributed by atoms with Crippen molar-refractivity contribution in [3.63, 3.8) is 0 Å². The molecule has 0 aromatic heterocycles. The molecule has 6 heteroatoms. The maximum atomic E-state index is 12.5. The molecule has 1 aliphatic rings. The van der Waals surface area contributed by atoms with Crippen molar-refractivity contribution < 1.29 is 19.1 Å². The number of nitrogens with one attached hydrogen (secondary N) is 1. The van der Waals surface area contributed by atoms with Crippen LogP contribution in [-0.4, -0.2) is 37.2 Å². The van der Waals surface area contributed by atoms with Crippen LogP contribution in [0.1, 0.15) is 77.6 Å². The van der Waals surface area contributed by atoms with Crippen molar-refractivity contribution in [1.82, 2.24) is 5.32 Å². The second kappa shape index (κ2) is 14.2. The van der Waals surface area contributed by atoms with Gasteiger partial charge in [0, 0.05) is 5.88 Å². The first-order valence-corrected chi connectivity index (χ1v) is 10.4. The standard InChI is InChI=1S/C19H34ClNO4/c1-2-3-4-5-9-14-24-18(22)17(16-11-7-6-8-12-16)21-19(23)25-15-10-13-20/h16-17H,2-15H2,1H3,(H,21,23). The van der Waals surface area contributed by atoms with E-state index in [1.165, 1.54) is 25.7 Å². The van der Waals surface area contributed by atoms with Gasteiger partial charge < -0.3 is 14.8 Å². The summed E-state index contributed by atoms with van der Waals surface area (Å²) in [7, 11) is 0. The van der Waals surface area contributed by atoms with Crippen molar-refractivity contribution in [2.24, 2.45) is 5.92 Å². The van der Waals surface area contributed by atoms with Crippen LogP contribution in [0, 0.1) is 5.92 Å². The van der Waals surface area contributed by atoms with E-state index < -0.39 is 12.1 Å². The van der Waals surface area contributed by atoms with Crippen molar-refractivity contribution in [3.05, 3.63) is 0 Å². The molecule has 0 aliphatic heterocycles. The molecule has 0 aromatic carbocycles. The van der Waals surface area contributed by atoms with Gasteiger partial charge in [0.05, 0.1) is 13.2 Å². The highest BCUT2D eigenvalue weighted by atomic mass is 35.5. The van der Waals surface area contributed by atoms with E-state index in [0.717, 1.165) is 38.5 Å². The van der Waals surface area contributed by atoms with Crippen LogP contribution in [0.3, 0.4) is 0 Å². The lowest BCUT2D eigenvalue weighted by Crippen LogP contribution is -2.47. The van der Waals surface area contributed by atoms with Crippen LogP contribution >= 0.6 is 11.6 Å². The SMILES string of the molecule is CCCCCCCOC(=O)C(NC(=O)OCCCCl)C1CCCCC1. The summed E-state index contributed by atoms with van der Waals surface area (Å²) in [5.74, 6) is 0.262. The second-order valence-electron chi connectivity index (χ2n) is 6.78. The minimum absolute atomic E-state index is 0.141. The van der Waals surface area contributed by atoms with Gasteiger partial charge in [-0.25, -0.2) is 9.59 Å². The van der Waals surface area contributed by atoms with Crippen LogP contribution in [0.5, 0.6) is 0 Å². The fourth-order valence-corrected chi connectivity index (χ4v) is 3.30. The minimum atomic E-state index is -0.598. The molecule has 0 spiro atoms. The maximum absolute atomic E-state index is 12.5. The molecule has 1 atom stereocenters. The lowest BCUT2D eigenvalue weighted by molar-refractivity contribution is -0.148. The van der Waals surface area contributed by atoms with Gasteiger partial charge in [-0.15, -0.1) is 11.6 Å². The summed E-state index contributed by atoms with van der Waals surface area (Å²) in [5.41, 5.74) is 0. The molecule has 5 nitrogen and oxygen atoms in total. The van der Waals surface area contributed by atoms with Gasteiger partial charge in [0.15, 0.2) is 0 Å². The number of alkyl carbamates (subject to hydrolysis) is 1. The van der Waals surface area contributed by atoms with Gasteiger partial charge in [-0.1, -0.05) is 51.9 Å². The van der Waals surface area contributed by atoms with Crippen molar-refractivity contribution >= 4 is 23.7 Å². The fraction of sp³-hybridized carbons (Fsp3) is 0.895. The Morgan fingerprint density at radius 1 is 1.00 bits per heavy atom. The van der Waals surface area contributed by atoms with E-state index in [1.54, 1.807) is 0 Å². The third-order valence-electron chi connectivity index (χ3n) is 4.65. The maximum Gasteiger partial charge on any atom is 0.407 e. The number of hydrogen-bond acceptors (Lipinski definition) is 4. The van der Waals surface area contributed by atoms with Crippen LogP contribution < -0.4 is 5.32 Å². The number of hydrogen-bond donors (Lipinski definition) is 1. The number of ether oxygens (including phenoxy) is 2. The molecule has 0 saturated heterocycles. The quantitative estimate of drug-likeness (QED) is 0.302. The molecule has 1 amide bonds. The minimum Gasteiger partial charge on any atom is -0.464 e. The molecule has 0 radical (unpaired) electrons. The number of esters is 1. The Labute approximate surface area is 157 Å². The van der Waals surface area contributed by atoms with Crippen molar-refractivity contribution in [2.45, 2.75) is 83.6 Å². The van der Waals surface area contributed by atoms with E-state index >= 15 is 0 Å². The van der Waals surface area contributed by atoms with Gasteiger partial charge in [-0.2, -0.15) is 0 Å². The zero-order chi connectivity index (χ0) is 18.3. The van der Waals surface area contributed by atoms with Gasteiger partial charge in [0.1, 0.15) is 6.04 Å². The number of rotatable bonds is 12. The Bertz CT molecular complexity index is 372. The topological polar surface area (TPSA) is 64.6 Å². The third kappa shape index (κ3) is 9.93. The molecule has 0 aromatic rings. The van der Waals surface area contributed by atoms with Gasteiger partial charge in [-0.05, 0) is 31.6 Å². The molecule has 1 N–H and O–H groups in total. The van der Waals surface area contributed by atoms with Crippen LogP contribution in [-0.2, 0) is 14.3 Å². The summed E-state index contributed by atoms with van der Waals surface area (Å²) >= 11 is 5.58. The van der Waals surface area contributed by atoms with E-state index in [4.69, 9.17) is 21.1 Å². The Balaban J connectivity index is 2.43. The van der Waals surface area contributed by atoms with Crippen LogP contribution in [0.4, 0.5) is 4.79 Å². The number of halogens is 1. The number of unbranched alkanes of at least 4 members (excludes halogenated alkanes) is 4. The number of carbonyl (C=O) groups excluding carboxylic acids is 2. The van der Waals surface area contributed by atoms with E-state index in [1.807, 2.05) is 0 Å². The number of amides is 1. The molecule has 1 saturated carbocycles. The second-order valence-corrected chi connectivity index (χ2v) is 7.16. The molecular weight excluding hydrogens is 342 g/mol. The predicted octanol–water partition coefficient (Wildman–Crippen LogP) is 4.80. The lowest BCUT2D eigenvalue weighted by atomic mass is 9.84. The summed E-state index contributed by atoms with van der Waals surface area (Å²) in [6.07, 6.45) is 10.8. The Morgan fingerprint density at radius 2 is 1.68 bits per heavy atom. The molecule has 0 bridgehead atoms. The predicted molar refractivity (Wildman–Crippen MR) is 99.9 cm³/mol. The molecule has 1 unspecified atom stereocenters. The molecule has 25 heavy (non-hydrogen) atoms. The molecule has 146 valence electrons. The van der Waals surface area contributed by atoms with E-state index in [9.17, 15) is 9.59 Å². The zero-order valence-corrected chi connectivity index (χ0v) is 16.3. The largest absolute Gasteiger partial charge is 0.464 e. The number of carbonyl (C=O) groups is 2. The molecular formula is C19H34ClNO4. The highest BCUT2D eigenvalue weighted by Crippen LogP contribution is 2.27. The van der Waals surface area contributed by atoms with Gasteiger partial charge in [-0.3, -0.25) is 0 Å². The Hall–Kier alpha value is -0.970. The van der Waals surface area contributed by atoms with E-state index in [0.29, 0.717) is 18.9 Å². The summed E-state index contributed by atoms with van der Waals surface area (Å²) in [6, 6.07) is -0.598. The fourth-order valence-electron chi connectivity index (χ4n) is 3.19. The third-order valence-corrected chi connectivity index (χ3v) is 4.92. The smallest absolute Gasteiger partial charge is 0.407 e. The molecule has 1 rings (SSSR count). The van der Waals surface area contributed by atoms with Crippen molar-refractivity contribution in [2.75, 3.05) is 19.1 Å². The summed E-state index contributed by atoms with van der Waals surface area (Å²) in [6.45, 7) is 2.86. The van der Waals surface area contributed by atoms with Crippen molar-refractivity contribution in [1.29, 1.82) is 0 Å². The summed E-state index contributed by atoms with van der Waals surface area (Å²) < 4.78 is 10.5. The Kier molecular flexibility index (Phi) is 12.6. The van der Waals surface area contributed by atoms with Crippen molar-refractivity contribution in [3.8, 4) is 0 Å². The monoisotopic (exact) mass is 375 g/mol. The average molecular weight is 376 g/mol. The average Bonchev–Trinajstić information content (AvgIpc) is 2.63. The first kappa shape index (κ1) is 22.1. The van der Waals surface area contributed by atoms with Crippen LogP contribution in [0.2, 0.25) is 0 Å². The molecule has 1 aliphatic carbocycles. The zero-order valence-electron chi connectivity index (χ0n) is 15.6. The van der Waals surface area contributed by atoms with Crippen LogP contribution in [0.15, 0.2) is 0 Å². The highest BCUT2D eigenvalue weighted by molar-refractivity contribution is 6.17. The Morgan fingerprint density at radius 3 is 2.36 bits per heavy atom. The summed E-state index contributed by atoms with van der Waals surface area (Å²) in [4.78, 5) is 24.4. The highest BCUT2D eigenvalue weighted by Gasteiger charge is 2.32. The van der Waals surface area contributed by atoms with Crippen LogP contribution in [0.25, 0.3) is 0 Å². The molecule has 1 fully saturated rings. The molecule has 0 heterocycles. The lowest BCUT2D eigenvalue weighted by Gasteiger charge is -2.29. The van der Waals surface area contributed by atoms with Gasteiger partial charge >= 0.3 is 12.1 Å². The first-order valence-electron chi connectivity index (χ1n) is 9.85. The van der Waals surface area contributed by atoms with E-state index in [-0.39, 0.29) is 18.5 Å².